The molecule has 18 heavy (non-hydrogen) atoms. The largest absolute Gasteiger partial charge is 0.310 e. The van der Waals surface area contributed by atoms with Crippen LogP contribution in [0.15, 0.2) is 17.2 Å². The molecule has 0 bridgehead atoms. The van der Waals surface area contributed by atoms with Crippen molar-refractivity contribution in [1.82, 2.24) is 19.7 Å². The van der Waals surface area contributed by atoms with E-state index < -0.39 is 0 Å². The number of hydrogen-bond donors (Lipinski definition) is 1. The molecule has 5 nitrogen and oxygen atoms in total. The van der Waals surface area contributed by atoms with Crippen LogP contribution in [0.5, 0.6) is 0 Å². The van der Waals surface area contributed by atoms with Gasteiger partial charge in [-0.15, -0.1) is 0 Å². The number of rotatable bonds is 3. The normalized spacial score (nSPS) is 15.0. The van der Waals surface area contributed by atoms with Gasteiger partial charge in [-0.3, -0.25) is 9.48 Å². The predicted octanol–water partition coefficient (Wildman–Crippen LogP) is 1.84. The van der Waals surface area contributed by atoms with Crippen LogP contribution in [0.3, 0.4) is 0 Å². The second-order valence-electron chi connectivity index (χ2n) is 4.78. The van der Waals surface area contributed by atoms with E-state index in [1.165, 1.54) is 0 Å². The second kappa shape index (κ2) is 4.08. The first-order valence-corrected chi connectivity index (χ1v) is 6.32. The van der Waals surface area contributed by atoms with Gasteiger partial charge in [0.25, 0.3) is 5.56 Å². The Hall–Kier alpha value is -1.91. The molecule has 0 saturated heterocycles. The summed E-state index contributed by atoms with van der Waals surface area (Å²) in [6.07, 6.45) is 5.96. The Balaban J connectivity index is 2.11. The molecule has 5 heteroatoms. The molecule has 94 valence electrons. The SMILES string of the molecule is CCn1cc(-c2nc(C3CC3)[nH]c(=O)c2C)cn1. The molecule has 0 aromatic carbocycles. The van der Waals surface area contributed by atoms with Crippen LogP contribution in [0.25, 0.3) is 11.3 Å². The zero-order valence-corrected chi connectivity index (χ0v) is 10.6. The number of hydrogen-bond acceptors (Lipinski definition) is 3. The fourth-order valence-electron chi connectivity index (χ4n) is 2.04. The van der Waals surface area contributed by atoms with Crippen LogP contribution < -0.4 is 5.56 Å². The highest BCUT2D eigenvalue weighted by molar-refractivity contribution is 5.60. The van der Waals surface area contributed by atoms with Crippen LogP contribution >= 0.6 is 0 Å². The number of aromatic nitrogens is 4. The van der Waals surface area contributed by atoms with E-state index in [-0.39, 0.29) is 5.56 Å². The molecule has 0 radical (unpaired) electrons. The maximum absolute atomic E-state index is 11.9. The molecule has 2 aromatic rings. The number of H-pyrrole nitrogens is 1. The van der Waals surface area contributed by atoms with E-state index in [1.54, 1.807) is 13.1 Å². The molecule has 2 heterocycles. The number of nitrogens with zero attached hydrogens (tertiary/aromatic N) is 3. The van der Waals surface area contributed by atoms with Crippen LogP contribution in [0, 0.1) is 6.92 Å². The van der Waals surface area contributed by atoms with Gasteiger partial charge in [0.05, 0.1) is 11.9 Å². The topological polar surface area (TPSA) is 63.6 Å². The first kappa shape index (κ1) is 11.2. The van der Waals surface area contributed by atoms with E-state index in [1.807, 2.05) is 17.8 Å². The highest BCUT2D eigenvalue weighted by Crippen LogP contribution is 2.38. The Bertz CT molecular complexity index is 637. The quantitative estimate of drug-likeness (QED) is 0.896. The summed E-state index contributed by atoms with van der Waals surface area (Å²) >= 11 is 0. The average molecular weight is 244 g/mol. The molecular formula is C13H16N4O. The zero-order chi connectivity index (χ0) is 12.7. The minimum Gasteiger partial charge on any atom is -0.310 e. The van der Waals surface area contributed by atoms with Crippen molar-refractivity contribution in [1.29, 1.82) is 0 Å². The van der Waals surface area contributed by atoms with Crippen LogP contribution in [-0.4, -0.2) is 19.7 Å². The summed E-state index contributed by atoms with van der Waals surface area (Å²) in [4.78, 5) is 19.4. The summed E-state index contributed by atoms with van der Waals surface area (Å²) in [5.74, 6) is 1.27. The summed E-state index contributed by atoms with van der Waals surface area (Å²) in [5.41, 5.74) is 2.31. The molecule has 1 aliphatic carbocycles. The molecule has 1 N–H and O–H groups in total. The van der Waals surface area contributed by atoms with Crippen molar-refractivity contribution in [3.63, 3.8) is 0 Å². The Morgan fingerprint density at radius 3 is 2.89 bits per heavy atom. The van der Waals surface area contributed by atoms with Gasteiger partial charge < -0.3 is 4.98 Å². The zero-order valence-electron chi connectivity index (χ0n) is 10.6. The summed E-state index contributed by atoms with van der Waals surface area (Å²) < 4.78 is 1.84. The Morgan fingerprint density at radius 1 is 1.50 bits per heavy atom. The van der Waals surface area contributed by atoms with Gasteiger partial charge in [-0.1, -0.05) is 0 Å². The Labute approximate surface area is 105 Å². The van der Waals surface area contributed by atoms with Crippen molar-refractivity contribution in [3.8, 4) is 11.3 Å². The molecule has 3 rings (SSSR count). The maximum Gasteiger partial charge on any atom is 0.254 e. The van der Waals surface area contributed by atoms with Gasteiger partial charge in [-0.25, -0.2) is 4.98 Å². The Morgan fingerprint density at radius 2 is 2.28 bits per heavy atom. The fourth-order valence-corrected chi connectivity index (χ4v) is 2.04. The van der Waals surface area contributed by atoms with Crippen molar-refractivity contribution in [2.24, 2.45) is 0 Å². The third kappa shape index (κ3) is 1.85. The molecule has 1 aliphatic rings. The molecule has 0 atom stereocenters. The third-order valence-corrected chi connectivity index (χ3v) is 3.36. The molecule has 2 aromatic heterocycles. The smallest absolute Gasteiger partial charge is 0.254 e. The molecule has 1 fully saturated rings. The highest BCUT2D eigenvalue weighted by Gasteiger charge is 2.27. The first-order valence-electron chi connectivity index (χ1n) is 6.32. The standard InChI is InChI=1S/C13H16N4O/c1-3-17-7-10(6-14-17)11-8(2)13(18)16-12(15-11)9-4-5-9/h6-7,9H,3-5H2,1-2H3,(H,15,16,18). The molecule has 0 spiro atoms. The van der Waals surface area contributed by atoms with E-state index in [0.29, 0.717) is 11.5 Å². The van der Waals surface area contributed by atoms with Gasteiger partial charge >= 0.3 is 0 Å². The first-order chi connectivity index (χ1) is 8.69. The number of aromatic amines is 1. The minimum atomic E-state index is -0.0360. The van der Waals surface area contributed by atoms with E-state index in [2.05, 4.69) is 15.1 Å². The lowest BCUT2D eigenvalue weighted by molar-refractivity contribution is 0.660. The van der Waals surface area contributed by atoms with Gasteiger partial charge in [0.2, 0.25) is 0 Å². The summed E-state index contributed by atoms with van der Waals surface area (Å²) in [7, 11) is 0. The highest BCUT2D eigenvalue weighted by atomic mass is 16.1. The molecule has 1 saturated carbocycles. The van der Waals surface area contributed by atoms with Crippen molar-refractivity contribution in [2.75, 3.05) is 0 Å². The molecule has 0 aliphatic heterocycles. The maximum atomic E-state index is 11.9. The second-order valence-corrected chi connectivity index (χ2v) is 4.78. The summed E-state index contributed by atoms with van der Waals surface area (Å²) in [5, 5.41) is 4.24. The third-order valence-electron chi connectivity index (χ3n) is 3.36. The predicted molar refractivity (Wildman–Crippen MR) is 68.5 cm³/mol. The van der Waals surface area contributed by atoms with Crippen LogP contribution in [-0.2, 0) is 6.54 Å². The van der Waals surface area contributed by atoms with Crippen molar-refractivity contribution >= 4 is 0 Å². The van der Waals surface area contributed by atoms with Crippen LogP contribution in [0.2, 0.25) is 0 Å². The minimum absolute atomic E-state index is 0.0360. The van der Waals surface area contributed by atoms with E-state index in [4.69, 9.17) is 0 Å². The van der Waals surface area contributed by atoms with Crippen molar-refractivity contribution in [3.05, 3.63) is 34.1 Å². The van der Waals surface area contributed by atoms with Gasteiger partial charge in [-0.05, 0) is 26.7 Å². The van der Waals surface area contributed by atoms with Gasteiger partial charge in [0.1, 0.15) is 5.82 Å². The summed E-state index contributed by atoms with van der Waals surface area (Å²) in [6, 6.07) is 0. The van der Waals surface area contributed by atoms with Crippen LogP contribution in [0.1, 0.15) is 37.1 Å². The van der Waals surface area contributed by atoms with Gasteiger partial charge in [0.15, 0.2) is 0 Å². The van der Waals surface area contributed by atoms with Crippen LogP contribution in [0.4, 0.5) is 0 Å². The molecule has 0 amide bonds. The van der Waals surface area contributed by atoms with Crippen molar-refractivity contribution in [2.45, 2.75) is 39.2 Å². The van der Waals surface area contributed by atoms with Gasteiger partial charge in [-0.2, -0.15) is 5.10 Å². The van der Waals surface area contributed by atoms with Crippen molar-refractivity contribution < 1.29 is 0 Å². The van der Waals surface area contributed by atoms with Gasteiger partial charge in [0, 0.05) is 29.8 Å². The average Bonchev–Trinajstić information content (AvgIpc) is 3.11. The van der Waals surface area contributed by atoms with E-state index in [9.17, 15) is 4.79 Å². The monoisotopic (exact) mass is 244 g/mol. The lowest BCUT2D eigenvalue weighted by Gasteiger charge is -2.04. The number of aryl methyl sites for hydroxylation is 1. The lowest BCUT2D eigenvalue weighted by atomic mass is 10.1. The summed E-state index contributed by atoms with van der Waals surface area (Å²) in [6.45, 7) is 4.66. The molecular weight excluding hydrogens is 228 g/mol. The Kier molecular flexibility index (Phi) is 2.54. The number of nitrogens with one attached hydrogen (secondary N) is 1. The lowest BCUT2D eigenvalue weighted by Crippen LogP contribution is -2.15. The molecule has 0 unspecified atom stereocenters. The fraction of sp³-hybridized carbons (Fsp3) is 0.462. The van der Waals surface area contributed by atoms with E-state index in [0.717, 1.165) is 36.5 Å². The van der Waals surface area contributed by atoms with E-state index >= 15 is 0 Å².